The summed E-state index contributed by atoms with van der Waals surface area (Å²) in [5.74, 6) is 0.813. The molecule has 19 heavy (non-hydrogen) atoms. The third kappa shape index (κ3) is 5.49. The van der Waals surface area contributed by atoms with E-state index in [2.05, 4.69) is 36.3 Å². The number of piperidine rings is 1. The summed E-state index contributed by atoms with van der Waals surface area (Å²) < 4.78 is 0. The topological polar surface area (TPSA) is 44.4 Å². The van der Waals surface area contributed by atoms with Crippen LogP contribution in [0.1, 0.15) is 47.0 Å². The maximum atomic E-state index is 12.2. The van der Waals surface area contributed by atoms with Crippen LogP contribution < -0.4 is 10.6 Å². The number of rotatable bonds is 7. The Labute approximate surface area is 118 Å². The van der Waals surface area contributed by atoms with Gasteiger partial charge >= 0.3 is 0 Å². The molecule has 1 saturated heterocycles. The Hall–Kier alpha value is -0.610. The minimum absolute atomic E-state index is 0.0259. The number of carbonyl (C=O) groups excluding carboxylic acids is 1. The molecule has 112 valence electrons. The van der Waals surface area contributed by atoms with Crippen molar-refractivity contribution in [2.45, 2.75) is 59.0 Å². The van der Waals surface area contributed by atoms with Crippen LogP contribution in [-0.2, 0) is 4.79 Å². The van der Waals surface area contributed by atoms with E-state index in [1.165, 1.54) is 12.8 Å². The lowest BCUT2D eigenvalue weighted by Gasteiger charge is -2.37. The zero-order valence-electron chi connectivity index (χ0n) is 13.0. The van der Waals surface area contributed by atoms with Gasteiger partial charge in [-0.3, -0.25) is 9.69 Å². The minimum Gasteiger partial charge on any atom is -0.355 e. The van der Waals surface area contributed by atoms with Gasteiger partial charge in [0.05, 0.1) is 6.04 Å². The van der Waals surface area contributed by atoms with Gasteiger partial charge in [0.2, 0.25) is 5.91 Å². The quantitative estimate of drug-likeness (QED) is 0.738. The summed E-state index contributed by atoms with van der Waals surface area (Å²) in [5.41, 5.74) is 0. The van der Waals surface area contributed by atoms with E-state index in [-0.39, 0.29) is 11.9 Å². The number of nitrogens with zero attached hydrogens (tertiary/aromatic N) is 1. The molecular weight excluding hydrogens is 238 g/mol. The van der Waals surface area contributed by atoms with Crippen LogP contribution in [-0.4, -0.2) is 49.1 Å². The molecule has 0 radical (unpaired) electrons. The van der Waals surface area contributed by atoms with E-state index in [0.717, 1.165) is 32.6 Å². The van der Waals surface area contributed by atoms with Gasteiger partial charge in [-0.2, -0.15) is 0 Å². The van der Waals surface area contributed by atoms with E-state index >= 15 is 0 Å². The van der Waals surface area contributed by atoms with E-state index < -0.39 is 0 Å². The molecule has 1 amide bonds. The van der Waals surface area contributed by atoms with Crippen molar-refractivity contribution in [2.24, 2.45) is 5.92 Å². The molecule has 0 spiro atoms. The third-order valence-corrected chi connectivity index (χ3v) is 4.00. The molecule has 4 nitrogen and oxygen atoms in total. The first-order valence-electron chi connectivity index (χ1n) is 7.80. The van der Waals surface area contributed by atoms with Gasteiger partial charge in [-0.15, -0.1) is 0 Å². The minimum atomic E-state index is -0.0259. The van der Waals surface area contributed by atoms with Crippen LogP contribution in [0.25, 0.3) is 0 Å². The van der Waals surface area contributed by atoms with E-state index in [4.69, 9.17) is 0 Å². The van der Waals surface area contributed by atoms with E-state index in [9.17, 15) is 4.79 Å². The molecule has 2 N–H and O–H groups in total. The molecule has 0 aromatic carbocycles. The second-order valence-electron chi connectivity index (χ2n) is 5.98. The SMILES string of the molecule is CCN(C1CCCNC1)C(C)C(=O)NCCC(C)C. The van der Waals surface area contributed by atoms with Crippen molar-refractivity contribution >= 4 is 5.91 Å². The van der Waals surface area contributed by atoms with Crippen LogP contribution in [0.15, 0.2) is 0 Å². The standard InChI is InChI=1S/C15H31N3O/c1-5-18(14-7-6-9-16-11-14)13(4)15(19)17-10-8-12(2)3/h12-14,16H,5-11H2,1-4H3,(H,17,19). The van der Waals surface area contributed by atoms with Crippen LogP contribution in [0, 0.1) is 5.92 Å². The second-order valence-corrected chi connectivity index (χ2v) is 5.98. The number of carbonyl (C=O) groups is 1. The molecule has 0 aliphatic carbocycles. The molecule has 1 fully saturated rings. The zero-order valence-corrected chi connectivity index (χ0v) is 13.0. The smallest absolute Gasteiger partial charge is 0.237 e. The van der Waals surface area contributed by atoms with Gasteiger partial charge in [-0.05, 0) is 45.2 Å². The highest BCUT2D eigenvalue weighted by molar-refractivity contribution is 5.81. The number of nitrogens with one attached hydrogen (secondary N) is 2. The Morgan fingerprint density at radius 1 is 1.42 bits per heavy atom. The predicted molar refractivity (Wildman–Crippen MR) is 80.2 cm³/mol. The summed E-state index contributed by atoms with van der Waals surface area (Å²) >= 11 is 0. The maximum absolute atomic E-state index is 12.2. The van der Waals surface area contributed by atoms with Gasteiger partial charge in [-0.1, -0.05) is 20.8 Å². The Morgan fingerprint density at radius 3 is 2.68 bits per heavy atom. The van der Waals surface area contributed by atoms with Gasteiger partial charge in [0.25, 0.3) is 0 Å². The van der Waals surface area contributed by atoms with E-state index in [0.29, 0.717) is 12.0 Å². The summed E-state index contributed by atoms with van der Waals surface area (Å²) in [6.07, 6.45) is 3.46. The fourth-order valence-electron chi connectivity index (χ4n) is 2.75. The monoisotopic (exact) mass is 269 g/mol. The highest BCUT2D eigenvalue weighted by Gasteiger charge is 2.27. The van der Waals surface area contributed by atoms with Crippen molar-refractivity contribution in [3.05, 3.63) is 0 Å². The van der Waals surface area contributed by atoms with Crippen LogP contribution in [0.4, 0.5) is 0 Å². The lowest BCUT2D eigenvalue weighted by atomic mass is 10.0. The molecule has 1 rings (SSSR count). The summed E-state index contributed by atoms with van der Waals surface area (Å²) in [6.45, 7) is 12.4. The molecule has 0 bridgehead atoms. The first-order valence-corrected chi connectivity index (χ1v) is 7.80. The molecule has 1 heterocycles. The van der Waals surface area contributed by atoms with Crippen LogP contribution in [0.3, 0.4) is 0 Å². The summed E-state index contributed by atoms with van der Waals surface area (Å²) in [4.78, 5) is 14.5. The molecule has 2 atom stereocenters. The Bertz CT molecular complexity index is 262. The van der Waals surface area contributed by atoms with Crippen molar-refractivity contribution in [3.8, 4) is 0 Å². The number of likely N-dealkylation sites (N-methyl/N-ethyl adjacent to an activating group) is 1. The first-order chi connectivity index (χ1) is 9.06. The Kier molecular flexibility index (Phi) is 7.39. The van der Waals surface area contributed by atoms with Crippen molar-refractivity contribution in [2.75, 3.05) is 26.2 Å². The average Bonchev–Trinajstić information content (AvgIpc) is 2.40. The fourth-order valence-corrected chi connectivity index (χ4v) is 2.75. The molecule has 0 aromatic heterocycles. The zero-order chi connectivity index (χ0) is 14.3. The van der Waals surface area contributed by atoms with Gasteiger partial charge in [-0.25, -0.2) is 0 Å². The van der Waals surface area contributed by atoms with Crippen molar-refractivity contribution < 1.29 is 4.79 Å². The van der Waals surface area contributed by atoms with Crippen molar-refractivity contribution in [1.82, 2.24) is 15.5 Å². The van der Waals surface area contributed by atoms with Gasteiger partial charge in [0.15, 0.2) is 0 Å². The number of amides is 1. The normalized spacial score (nSPS) is 21.7. The maximum Gasteiger partial charge on any atom is 0.237 e. The van der Waals surface area contributed by atoms with Crippen LogP contribution in [0.5, 0.6) is 0 Å². The van der Waals surface area contributed by atoms with E-state index in [1.807, 2.05) is 6.92 Å². The van der Waals surface area contributed by atoms with Gasteiger partial charge < -0.3 is 10.6 Å². The van der Waals surface area contributed by atoms with Crippen molar-refractivity contribution in [1.29, 1.82) is 0 Å². The highest BCUT2D eigenvalue weighted by Crippen LogP contribution is 2.13. The predicted octanol–water partition coefficient (Wildman–Crippen LogP) is 1.61. The Morgan fingerprint density at radius 2 is 2.16 bits per heavy atom. The lowest BCUT2D eigenvalue weighted by Crippen LogP contribution is -2.54. The van der Waals surface area contributed by atoms with Crippen LogP contribution in [0.2, 0.25) is 0 Å². The molecule has 0 aromatic rings. The summed E-state index contributed by atoms with van der Waals surface area (Å²) in [7, 11) is 0. The molecule has 2 unspecified atom stereocenters. The third-order valence-electron chi connectivity index (χ3n) is 4.00. The average molecular weight is 269 g/mol. The summed E-state index contributed by atoms with van der Waals surface area (Å²) in [6, 6.07) is 0.478. The largest absolute Gasteiger partial charge is 0.355 e. The molecular formula is C15H31N3O. The molecule has 1 aliphatic rings. The van der Waals surface area contributed by atoms with Crippen LogP contribution >= 0.6 is 0 Å². The summed E-state index contributed by atoms with van der Waals surface area (Å²) in [5, 5.41) is 6.49. The first kappa shape index (κ1) is 16.4. The van der Waals surface area contributed by atoms with Crippen molar-refractivity contribution in [3.63, 3.8) is 0 Å². The van der Waals surface area contributed by atoms with Gasteiger partial charge in [0.1, 0.15) is 0 Å². The lowest BCUT2D eigenvalue weighted by molar-refractivity contribution is -0.126. The Balaban J connectivity index is 2.42. The van der Waals surface area contributed by atoms with E-state index in [1.54, 1.807) is 0 Å². The molecule has 4 heteroatoms. The fraction of sp³-hybridized carbons (Fsp3) is 0.933. The second kappa shape index (κ2) is 8.54. The highest BCUT2D eigenvalue weighted by atomic mass is 16.2. The molecule has 0 saturated carbocycles. The number of hydrogen-bond acceptors (Lipinski definition) is 3. The van der Waals surface area contributed by atoms with Gasteiger partial charge in [0, 0.05) is 19.1 Å². The number of hydrogen-bond donors (Lipinski definition) is 2. The molecule has 1 aliphatic heterocycles.